The van der Waals surface area contributed by atoms with Crippen molar-refractivity contribution in [2.75, 3.05) is 18.1 Å². The first-order chi connectivity index (χ1) is 11.0. The molecule has 2 aromatic rings. The van der Waals surface area contributed by atoms with E-state index in [0.717, 1.165) is 11.3 Å². The summed E-state index contributed by atoms with van der Waals surface area (Å²) < 4.78 is 5.30. The average molecular weight is 315 g/mol. The summed E-state index contributed by atoms with van der Waals surface area (Å²) in [5, 5.41) is 10.9. The molecule has 0 radical (unpaired) electrons. The molecule has 1 aromatic heterocycles. The normalized spacial score (nSPS) is 10.2. The number of ether oxygens (including phenoxy) is 1. The number of nitrogens with zero attached hydrogens (tertiary/aromatic N) is 3. The van der Waals surface area contributed by atoms with Gasteiger partial charge in [-0.2, -0.15) is 0 Å². The second-order valence-electron chi connectivity index (χ2n) is 4.85. The molecule has 1 aromatic carbocycles. The molecule has 0 N–H and O–H groups in total. The van der Waals surface area contributed by atoms with Gasteiger partial charge in [0, 0.05) is 12.2 Å². The maximum Gasteiger partial charge on any atom is 0.406 e. The number of anilines is 1. The molecule has 0 aliphatic rings. The second kappa shape index (κ2) is 7.35. The second-order valence-corrected chi connectivity index (χ2v) is 4.85. The SMILES string of the molecule is CCN(C(=O)COc1cccnc1[N+](=O)[O-])c1cccc(C)c1. The zero-order valence-corrected chi connectivity index (χ0v) is 12.9. The van der Waals surface area contributed by atoms with Gasteiger partial charge in [0.1, 0.15) is 6.20 Å². The largest absolute Gasteiger partial charge is 0.476 e. The minimum atomic E-state index is -0.641. The predicted octanol–water partition coefficient (Wildman–Crippen LogP) is 2.73. The number of nitro groups is 1. The predicted molar refractivity (Wildman–Crippen MR) is 85.6 cm³/mol. The Kier molecular flexibility index (Phi) is 5.24. The Morgan fingerprint density at radius 1 is 1.35 bits per heavy atom. The third kappa shape index (κ3) is 4.03. The number of hydrogen-bond donors (Lipinski definition) is 0. The van der Waals surface area contributed by atoms with Gasteiger partial charge in [0.2, 0.25) is 5.75 Å². The van der Waals surface area contributed by atoms with Crippen molar-refractivity contribution in [1.29, 1.82) is 0 Å². The van der Waals surface area contributed by atoms with Crippen LogP contribution in [-0.4, -0.2) is 29.0 Å². The molecule has 0 aliphatic carbocycles. The molecule has 1 heterocycles. The molecule has 0 atom stereocenters. The van der Waals surface area contributed by atoms with Crippen LogP contribution >= 0.6 is 0 Å². The van der Waals surface area contributed by atoms with Crippen molar-refractivity contribution in [3.8, 4) is 5.75 Å². The van der Waals surface area contributed by atoms with Crippen LogP contribution in [0.3, 0.4) is 0 Å². The topological polar surface area (TPSA) is 85.6 Å². The number of benzene rings is 1. The van der Waals surface area contributed by atoms with Gasteiger partial charge in [0.25, 0.3) is 5.91 Å². The van der Waals surface area contributed by atoms with E-state index in [-0.39, 0.29) is 18.3 Å². The Labute approximate surface area is 133 Å². The Morgan fingerprint density at radius 2 is 2.13 bits per heavy atom. The summed E-state index contributed by atoms with van der Waals surface area (Å²) in [4.78, 5) is 27.8. The number of rotatable bonds is 6. The molecule has 120 valence electrons. The summed E-state index contributed by atoms with van der Waals surface area (Å²) in [5.74, 6) is -0.707. The number of likely N-dealkylation sites (N-methyl/N-ethyl adjacent to an activating group) is 1. The van der Waals surface area contributed by atoms with Crippen molar-refractivity contribution in [1.82, 2.24) is 4.98 Å². The Morgan fingerprint density at radius 3 is 2.78 bits per heavy atom. The lowest BCUT2D eigenvalue weighted by Crippen LogP contribution is -2.34. The Bertz CT molecular complexity index is 718. The maximum atomic E-state index is 12.4. The highest BCUT2D eigenvalue weighted by Gasteiger charge is 2.19. The van der Waals surface area contributed by atoms with Gasteiger partial charge in [-0.25, -0.2) is 0 Å². The lowest BCUT2D eigenvalue weighted by Gasteiger charge is -2.21. The van der Waals surface area contributed by atoms with Crippen LogP contribution in [0.1, 0.15) is 12.5 Å². The number of hydrogen-bond acceptors (Lipinski definition) is 5. The minimum absolute atomic E-state index is 0.0221. The fraction of sp³-hybridized carbons (Fsp3) is 0.250. The molecule has 7 nitrogen and oxygen atoms in total. The number of amides is 1. The van der Waals surface area contributed by atoms with Gasteiger partial charge in [0.05, 0.1) is 0 Å². The highest BCUT2D eigenvalue weighted by atomic mass is 16.6. The standard InChI is InChI=1S/C16H17N3O4/c1-3-18(13-7-4-6-12(2)10-13)15(20)11-23-14-8-5-9-17-16(14)19(21)22/h4-10H,3,11H2,1-2H3. The van der Waals surface area contributed by atoms with E-state index in [4.69, 9.17) is 4.74 Å². The van der Waals surface area contributed by atoms with Crippen LogP contribution in [0.4, 0.5) is 11.5 Å². The van der Waals surface area contributed by atoms with Crippen molar-refractivity contribution >= 4 is 17.4 Å². The molecule has 0 aliphatic heterocycles. The number of carbonyl (C=O) groups excluding carboxylic acids is 1. The fourth-order valence-electron chi connectivity index (χ4n) is 2.15. The molecule has 0 unspecified atom stereocenters. The summed E-state index contributed by atoms with van der Waals surface area (Å²) in [6, 6.07) is 10.5. The van der Waals surface area contributed by atoms with Gasteiger partial charge in [-0.3, -0.25) is 4.79 Å². The van der Waals surface area contributed by atoms with Crippen LogP contribution in [0.25, 0.3) is 0 Å². The summed E-state index contributed by atoms with van der Waals surface area (Å²) in [5.41, 5.74) is 1.80. The van der Waals surface area contributed by atoms with Gasteiger partial charge in [-0.15, -0.1) is 0 Å². The van der Waals surface area contributed by atoms with Crippen molar-refractivity contribution in [3.63, 3.8) is 0 Å². The highest BCUT2D eigenvalue weighted by Crippen LogP contribution is 2.23. The lowest BCUT2D eigenvalue weighted by atomic mass is 10.2. The first-order valence-electron chi connectivity index (χ1n) is 7.12. The van der Waals surface area contributed by atoms with Gasteiger partial charge in [0.15, 0.2) is 6.61 Å². The zero-order chi connectivity index (χ0) is 16.8. The summed E-state index contributed by atoms with van der Waals surface area (Å²) in [6.07, 6.45) is 1.30. The highest BCUT2D eigenvalue weighted by molar-refractivity contribution is 5.94. The van der Waals surface area contributed by atoms with E-state index in [2.05, 4.69) is 4.98 Å². The summed E-state index contributed by atoms with van der Waals surface area (Å²) in [6.45, 7) is 3.97. The van der Waals surface area contributed by atoms with Gasteiger partial charge in [-0.1, -0.05) is 12.1 Å². The van der Waals surface area contributed by atoms with Gasteiger partial charge >= 0.3 is 5.82 Å². The van der Waals surface area contributed by atoms with E-state index < -0.39 is 10.7 Å². The minimum Gasteiger partial charge on any atom is -0.476 e. The number of aromatic nitrogens is 1. The summed E-state index contributed by atoms with van der Waals surface area (Å²) in [7, 11) is 0. The fourth-order valence-corrected chi connectivity index (χ4v) is 2.15. The van der Waals surface area contributed by atoms with Crippen LogP contribution in [0, 0.1) is 17.0 Å². The number of aryl methyl sites for hydroxylation is 1. The first kappa shape index (κ1) is 16.4. The van der Waals surface area contributed by atoms with Crippen molar-refractivity contribution in [3.05, 3.63) is 58.3 Å². The van der Waals surface area contributed by atoms with E-state index in [0.29, 0.717) is 6.54 Å². The molecule has 0 saturated heterocycles. The molecular formula is C16H17N3O4. The van der Waals surface area contributed by atoms with E-state index >= 15 is 0 Å². The lowest BCUT2D eigenvalue weighted by molar-refractivity contribution is -0.390. The van der Waals surface area contributed by atoms with Crippen molar-refractivity contribution in [2.24, 2.45) is 0 Å². The zero-order valence-electron chi connectivity index (χ0n) is 12.9. The van der Waals surface area contributed by atoms with Crippen molar-refractivity contribution < 1.29 is 14.5 Å². The smallest absolute Gasteiger partial charge is 0.406 e. The van der Waals surface area contributed by atoms with E-state index in [1.807, 2.05) is 38.1 Å². The molecule has 0 bridgehead atoms. The Hall–Kier alpha value is -2.96. The molecule has 23 heavy (non-hydrogen) atoms. The van der Waals surface area contributed by atoms with Gasteiger partial charge in [-0.05, 0) is 53.6 Å². The van der Waals surface area contributed by atoms with Crippen LogP contribution in [0.2, 0.25) is 0 Å². The van der Waals surface area contributed by atoms with E-state index in [9.17, 15) is 14.9 Å². The number of pyridine rings is 1. The molecule has 7 heteroatoms. The quantitative estimate of drug-likeness (QED) is 0.604. The van der Waals surface area contributed by atoms with E-state index in [1.54, 1.807) is 4.90 Å². The molecule has 0 spiro atoms. The Balaban J connectivity index is 2.11. The van der Waals surface area contributed by atoms with Crippen molar-refractivity contribution in [2.45, 2.75) is 13.8 Å². The van der Waals surface area contributed by atoms with E-state index in [1.165, 1.54) is 18.3 Å². The maximum absolute atomic E-state index is 12.4. The van der Waals surface area contributed by atoms with Crippen LogP contribution in [0.15, 0.2) is 42.6 Å². The molecular weight excluding hydrogens is 298 g/mol. The number of carbonyl (C=O) groups is 1. The van der Waals surface area contributed by atoms with Crippen LogP contribution in [0.5, 0.6) is 5.75 Å². The molecule has 0 saturated carbocycles. The third-order valence-corrected chi connectivity index (χ3v) is 3.21. The molecule has 1 amide bonds. The molecule has 2 rings (SSSR count). The average Bonchev–Trinajstić information content (AvgIpc) is 2.54. The first-order valence-corrected chi connectivity index (χ1v) is 7.12. The summed E-state index contributed by atoms with van der Waals surface area (Å²) >= 11 is 0. The van der Waals surface area contributed by atoms with Gasteiger partial charge < -0.3 is 19.8 Å². The third-order valence-electron chi connectivity index (χ3n) is 3.21. The molecule has 0 fully saturated rings. The van der Waals surface area contributed by atoms with Crippen LogP contribution in [-0.2, 0) is 4.79 Å². The monoisotopic (exact) mass is 315 g/mol. The van der Waals surface area contributed by atoms with Crippen LogP contribution < -0.4 is 9.64 Å².